The van der Waals surface area contributed by atoms with Gasteiger partial charge < -0.3 is 9.64 Å². The van der Waals surface area contributed by atoms with Crippen molar-refractivity contribution in [2.75, 3.05) is 24.6 Å². The molecule has 7 heteroatoms. The zero-order valence-corrected chi connectivity index (χ0v) is 13.3. The van der Waals surface area contributed by atoms with E-state index in [-0.39, 0.29) is 6.10 Å². The van der Waals surface area contributed by atoms with Gasteiger partial charge in [-0.2, -0.15) is 5.10 Å². The zero-order chi connectivity index (χ0) is 15.5. The van der Waals surface area contributed by atoms with Crippen molar-refractivity contribution in [1.29, 1.82) is 0 Å². The van der Waals surface area contributed by atoms with Gasteiger partial charge >= 0.3 is 0 Å². The first-order chi connectivity index (χ1) is 10.7. The smallest absolute Gasteiger partial charge is 0.181 e. The van der Waals surface area contributed by atoms with Crippen molar-refractivity contribution in [3.05, 3.63) is 29.2 Å². The summed E-state index contributed by atoms with van der Waals surface area (Å²) >= 11 is 0. The van der Waals surface area contributed by atoms with Gasteiger partial charge in [0, 0.05) is 24.7 Å². The van der Waals surface area contributed by atoms with Crippen LogP contribution in [0.4, 0.5) is 5.82 Å². The van der Waals surface area contributed by atoms with Crippen molar-refractivity contribution in [2.45, 2.75) is 39.7 Å². The van der Waals surface area contributed by atoms with Gasteiger partial charge in [0.25, 0.3) is 0 Å². The number of aromatic nitrogens is 5. The van der Waals surface area contributed by atoms with Gasteiger partial charge in [-0.05, 0) is 13.3 Å². The van der Waals surface area contributed by atoms with Gasteiger partial charge in [-0.1, -0.05) is 13.8 Å². The molecule has 1 saturated heterocycles. The molecule has 2 aromatic rings. The molecule has 118 valence electrons. The standard InChI is InChI=1S/C15H22N6O/c1-4-11-8-14(17-10(3)16-11)21-6-7-22-12(9-21)15-18-13(5-2)19-20-15/h8,12H,4-7,9H2,1-3H3,(H,18,19,20). The molecular weight excluding hydrogens is 280 g/mol. The van der Waals surface area contributed by atoms with Crippen LogP contribution in [0.2, 0.25) is 0 Å². The van der Waals surface area contributed by atoms with Crippen LogP contribution in [0.3, 0.4) is 0 Å². The molecule has 7 nitrogen and oxygen atoms in total. The van der Waals surface area contributed by atoms with E-state index in [9.17, 15) is 0 Å². The highest BCUT2D eigenvalue weighted by molar-refractivity contribution is 5.40. The molecule has 0 bridgehead atoms. The molecule has 0 aliphatic carbocycles. The second-order valence-electron chi connectivity index (χ2n) is 5.42. The van der Waals surface area contributed by atoms with Crippen molar-refractivity contribution in [3.8, 4) is 0 Å². The van der Waals surface area contributed by atoms with Gasteiger partial charge in [-0.3, -0.25) is 5.10 Å². The summed E-state index contributed by atoms with van der Waals surface area (Å²) in [7, 11) is 0. The molecule has 3 rings (SSSR count). The molecule has 1 aliphatic rings. The third-order valence-corrected chi connectivity index (χ3v) is 3.80. The topological polar surface area (TPSA) is 79.8 Å². The molecule has 1 atom stereocenters. The van der Waals surface area contributed by atoms with Crippen LogP contribution in [0.5, 0.6) is 0 Å². The van der Waals surface area contributed by atoms with E-state index in [0.29, 0.717) is 13.2 Å². The Hall–Kier alpha value is -2.02. The molecule has 0 aromatic carbocycles. The molecule has 0 saturated carbocycles. The Kier molecular flexibility index (Phi) is 4.33. The van der Waals surface area contributed by atoms with Gasteiger partial charge in [-0.15, -0.1) is 0 Å². The van der Waals surface area contributed by atoms with Crippen LogP contribution in [0.25, 0.3) is 0 Å². The summed E-state index contributed by atoms with van der Waals surface area (Å²) in [5.74, 6) is 3.39. The van der Waals surface area contributed by atoms with Gasteiger partial charge in [0.1, 0.15) is 23.6 Å². The van der Waals surface area contributed by atoms with E-state index in [1.807, 2.05) is 13.8 Å². The SMILES string of the molecule is CCc1cc(N2CCOC(c3n[nH]c(CC)n3)C2)nc(C)n1. The predicted octanol–water partition coefficient (Wildman–Crippen LogP) is 1.61. The Labute approximate surface area is 130 Å². The van der Waals surface area contributed by atoms with Crippen LogP contribution in [0.15, 0.2) is 6.07 Å². The lowest BCUT2D eigenvalue weighted by Gasteiger charge is -2.32. The monoisotopic (exact) mass is 302 g/mol. The Morgan fingerprint density at radius 1 is 1.27 bits per heavy atom. The molecule has 1 fully saturated rings. The molecule has 22 heavy (non-hydrogen) atoms. The second kappa shape index (κ2) is 6.39. The average molecular weight is 302 g/mol. The minimum atomic E-state index is -0.120. The van der Waals surface area contributed by atoms with Crippen molar-refractivity contribution < 1.29 is 4.74 Å². The summed E-state index contributed by atoms with van der Waals surface area (Å²) in [6.45, 7) is 8.26. The highest BCUT2D eigenvalue weighted by atomic mass is 16.5. The molecule has 1 aliphatic heterocycles. The number of nitrogens with one attached hydrogen (secondary N) is 1. The molecule has 1 N–H and O–H groups in total. The van der Waals surface area contributed by atoms with E-state index in [1.165, 1.54) is 0 Å². The average Bonchev–Trinajstić information content (AvgIpc) is 3.03. The largest absolute Gasteiger partial charge is 0.366 e. The number of hydrogen-bond acceptors (Lipinski definition) is 6. The summed E-state index contributed by atoms with van der Waals surface area (Å²) in [5.41, 5.74) is 1.07. The molecule has 0 spiro atoms. The lowest BCUT2D eigenvalue weighted by Crippen LogP contribution is -2.39. The van der Waals surface area contributed by atoms with E-state index in [0.717, 1.165) is 48.4 Å². The number of anilines is 1. The number of ether oxygens (including phenoxy) is 1. The van der Waals surface area contributed by atoms with Gasteiger partial charge in [-0.25, -0.2) is 15.0 Å². The molecule has 2 aromatic heterocycles. The van der Waals surface area contributed by atoms with E-state index in [2.05, 4.69) is 43.0 Å². The minimum absolute atomic E-state index is 0.120. The van der Waals surface area contributed by atoms with Crippen LogP contribution in [-0.4, -0.2) is 44.8 Å². The fraction of sp³-hybridized carbons (Fsp3) is 0.600. The van der Waals surface area contributed by atoms with Gasteiger partial charge in [0.2, 0.25) is 0 Å². The first kappa shape index (κ1) is 14.9. The van der Waals surface area contributed by atoms with E-state index >= 15 is 0 Å². The second-order valence-corrected chi connectivity index (χ2v) is 5.42. The molecular formula is C15H22N6O. The number of aryl methyl sites for hydroxylation is 3. The zero-order valence-electron chi connectivity index (χ0n) is 13.3. The van der Waals surface area contributed by atoms with E-state index in [4.69, 9.17) is 4.74 Å². The summed E-state index contributed by atoms with van der Waals surface area (Å²) in [6, 6.07) is 2.06. The summed E-state index contributed by atoms with van der Waals surface area (Å²) < 4.78 is 5.83. The van der Waals surface area contributed by atoms with Crippen LogP contribution in [0.1, 0.15) is 43.1 Å². The maximum absolute atomic E-state index is 5.83. The minimum Gasteiger partial charge on any atom is -0.366 e. The molecule has 0 radical (unpaired) electrons. The van der Waals surface area contributed by atoms with Gasteiger partial charge in [0.05, 0.1) is 13.2 Å². The number of H-pyrrole nitrogens is 1. The van der Waals surface area contributed by atoms with Crippen molar-refractivity contribution in [3.63, 3.8) is 0 Å². The Bertz CT molecular complexity index is 641. The van der Waals surface area contributed by atoms with Crippen LogP contribution < -0.4 is 4.90 Å². The van der Waals surface area contributed by atoms with Crippen molar-refractivity contribution in [1.82, 2.24) is 25.1 Å². The van der Waals surface area contributed by atoms with Crippen molar-refractivity contribution >= 4 is 5.82 Å². The Balaban J connectivity index is 1.79. The Morgan fingerprint density at radius 3 is 2.86 bits per heavy atom. The lowest BCUT2D eigenvalue weighted by molar-refractivity contribution is 0.0339. The number of hydrogen-bond donors (Lipinski definition) is 1. The summed E-state index contributed by atoms with van der Waals surface area (Å²) in [4.78, 5) is 15.7. The Morgan fingerprint density at radius 2 is 2.14 bits per heavy atom. The third-order valence-electron chi connectivity index (χ3n) is 3.80. The van der Waals surface area contributed by atoms with Gasteiger partial charge in [0.15, 0.2) is 5.82 Å². The summed E-state index contributed by atoms with van der Waals surface area (Å²) in [6.07, 6.45) is 1.63. The number of aromatic amines is 1. The number of morpholine rings is 1. The fourth-order valence-electron chi connectivity index (χ4n) is 2.58. The van der Waals surface area contributed by atoms with E-state index < -0.39 is 0 Å². The first-order valence-corrected chi connectivity index (χ1v) is 7.81. The number of nitrogens with zero attached hydrogens (tertiary/aromatic N) is 5. The molecule has 0 amide bonds. The van der Waals surface area contributed by atoms with Crippen LogP contribution in [0, 0.1) is 6.92 Å². The molecule has 3 heterocycles. The maximum Gasteiger partial charge on any atom is 0.181 e. The summed E-state index contributed by atoms with van der Waals surface area (Å²) in [5, 5.41) is 7.22. The molecule has 1 unspecified atom stereocenters. The lowest BCUT2D eigenvalue weighted by atomic mass is 10.2. The highest BCUT2D eigenvalue weighted by Gasteiger charge is 2.26. The quantitative estimate of drug-likeness (QED) is 0.924. The van der Waals surface area contributed by atoms with E-state index in [1.54, 1.807) is 0 Å². The van der Waals surface area contributed by atoms with Crippen LogP contribution >= 0.6 is 0 Å². The highest BCUT2D eigenvalue weighted by Crippen LogP contribution is 2.23. The predicted molar refractivity (Wildman–Crippen MR) is 82.8 cm³/mol. The normalized spacial score (nSPS) is 18.7. The fourth-order valence-corrected chi connectivity index (χ4v) is 2.58. The maximum atomic E-state index is 5.83. The third kappa shape index (κ3) is 3.09. The number of rotatable bonds is 4. The van der Waals surface area contributed by atoms with Crippen molar-refractivity contribution in [2.24, 2.45) is 0 Å². The first-order valence-electron chi connectivity index (χ1n) is 7.81. The van der Waals surface area contributed by atoms with Crippen LogP contribution in [-0.2, 0) is 17.6 Å².